The van der Waals surface area contributed by atoms with E-state index in [1.807, 2.05) is 0 Å². The van der Waals surface area contributed by atoms with Crippen molar-refractivity contribution >= 4 is 11.7 Å². The molecular formula is C21H37N3O2. The molecule has 1 amide bonds. The van der Waals surface area contributed by atoms with Gasteiger partial charge in [-0.25, -0.2) is 0 Å². The van der Waals surface area contributed by atoms with Gasteiger partial charge < -0.3 is 16.4 Å². The highest BCUT2D eigenvalue weighted by atomic mass is 16.2. The van der Waals surface area contributed by atoms with Crippen molar-refractivity contribution in [2.24, 2.45) is 23.0 Å². The normalized spacial score (nSPS) is 39.8. The van der Waals surface area contributed by atoms with Crippen LogP contribution in [0.3, 0.4) is 0 Å². The second kappa shape index (κ2) is 7.97. The second-order valence-corrected chi connectivity index (χ2v) is 9.12. The van der Waals surface area contributed by atoms with Crippen LogP contribution in [0, 0.1) is 17.3 Å². The molecular weight excluding hydrogens is 326 g/mol. The minimum atomic E-state index is -0.210. The second-order valence-electron chi connectivity index (χ2n) is 9.12. The molecule has 26 heavy (non-hydrogen) atoms. The van der Waals surface area contributed by atoms with Crippen LogP contribution in [0.1, 0.15) is 78.1 Å². The first kappa shape index (κ1) is 19.8. The molecule has 2 aliphatic carbocycles. The first-order valence-electron chi connectivity index (χ1n) is 10.7. The first-order valence-corrected chi connectivity index (χ1v) is 10.7. The van der Waals surface area contributed by atoms with E-state index < -0.39 is 0 Å². The Balaban J connectivity index is 1.65. The highest BCUT2D eigenvalue weighted by Gasteiger charge is 2.65. The van der Waals surface area contributed by atoms with Crippen molar-refractivity contribution in [3.63, 3.8) is 0 Å². The summed E-state index contributed by atoms with van der Waals surface area (Å²) in [5.41, 5.74) is 5.05. The zero-order valence-electron chi connectivity index (χ0n) is 16.6. The van der Waals surface area contributed by atoms with Gasteiger partial charge in [0.2, 0.25) is 5.91 Å². The van der Waals surface area contributed by atoms with Crippen molar-refractivity contribution in [3.05, 3.63) is 0 Å². The van der Waals surface area contributed by atoms with Gasteiger partial charge in [0.25, 0.3) is 0 Å². The van der Waals surface area contributed by atoms with Crippen molar-refractivity contribution in [2.45, 2.75) is 89.6 Å². The Morgan fingerprint density at radius 2 is 1.81 bits per heavy atom. The van der Waals surface area contributed by atoms with Crippen LogP contribution in [0.2, 0.25) is 0 Å². The number of nitrogens with two attached hydrogens (primary N) is 1. The third kappa shape index (κ3) is 3.33. The number of ketones is 1. The maximum atomic E-state index is 13.5. The van der Waals surface area contributed by atoms with Gasteiger partial charge in [0.15, 0.2) is 5.78 Å². The molecule has 2 saturated carbocycles. The lowest BCUT2D eigenvalue weighted by Crippen LogP contribution is -2.60. The Bertz CT molecular complexity index is 533. The summed E-state index contributed by atoms with van der Waals surface area (Å²) >= 11 is 0. The Labute approximate surface area is 158 Å². The van der Waals surface area contributed by atoms with Gasteiger partial charge in [-0.2, -0.15) is 0 Å². The average Bonchev–Trinajstić information content (AvgIpc) is 2.93. The largest absolute Gasteiger partial charge is 0.355 e. The van der Waals surface area contributed by atoms with Crippen molar-refractivity contribution in [1.29, 1.82) is 0 Å². The highest BCUT2D eigenvalue weighted by Crippen LogP contribution is 2.58. The number of Topliss-reactive ketones (excluding diaryl/α,β-unsaturated/α-hetero) is 1. The molecule has 3 aliphatic rings. The van der Waals surface area contributed by atoms with Gasteiger partial charge in [-0.05, 0) is 63.7 Å². The van der Waals surface area contributed by atoms with Crippen LogP contribution in [0.5, 0.6) is 0 Å². The monoisotopic (exact) mass is 363 g/mol. The molecule has 3 fully saturated rings. The number of nitrogens with one attached hydrogen (secondary N) is 2. The van der Waals surface area contributed by atoms with Crippen molar-refractivity contribution in [3.8, 4) is 0 Å². The summed E-state index contributed by atoms with van der Waals surface area (Å²) in [5, 5.41) is 6.65. The first-order chi connectivity index (χ1) is 12.4. The summed E-state index contributed by atoms with van der Waals surface area (Å²) in [6, 6.07) is -0.0160. The molecule has 1 heterocycles. The third-order valence-corrected chi connectivity index (χ3v) is 7.91. The SMILES string of the molecule is CC12NC(CCCCNC(=O)CN)C(=O)C1(C)C1CCCCCC2CC1. The number of hydrogen-bond acceptors (Lipinski definition) is 4. The number of unbranched alkanes of at least 4 members (excludes halogenated alkanes) is 1. The van der Waals surface area contributed by atoms with Gasteiger partial charge in [-0.3, -0.25) is 9.59 Å². The van der Waals surface area contributed by atoms with Gasteiger partial charge in [-0.15, -0.1) is 0 Å². The lowest BCUT2D eigenvalue weighted by molar-refractivity contribution is -0.135. The van der Waals surface area contributed by atoms with Crippen LogP contribution in [0.25, 0.3) is 0 Å². The molecule has 3 rings (SSSR count). The quantitative estimate of drug-likeness (QED) is 0.633. The van der Waals surface area contributed by atoms with E-state index in [9.17, 15) is 9.59 Å². The molecule has 5 unspecified atom stereocenters. The molecule has 5 heteroatoms. The van der Waals surface area contributed by atoms with Crippen LogP contribution in [0.4, 0.5) is 0 Å². The van der Waals surface area contributed by atoms with E-state index in [1.165, 1.54) is 44.9 Å². The summed E-state index contributed by atoms with van der Waals surface area (Å²) in [7, 11) is 0. The van der Waals surface area contributed by atoms with E-state index in [4.69, 9.17) is 5.73 Å². The van der Waals surface area contributed by atoms with Crippen LogP contribution < -0.4 is 16.4 Å². The maximum absolute atomic E-state index is 13.5. The van der Waals surface area contributed by atoms with Crippen LogP contribution >= 0.6 is 0 Å². The molecule has 148 valence electrons. The summed E-state index contributed by atoms with van der Waals surface area (Å²) in [4.78, 5) is 24.7. The zero-order chi connectivity index (χ0) is 18.8. The molecule has 5 nitrogen and oxygen atoms in total. The molecule has 2 bridgehead atoms. The minimum Gasteiger partial charge on any atom is -0.355 e. The van der Waals surface area contributed by atoms with E-state index in [1.54, 1.807) is 0 Å². The van der Waals surface area contributed by atoms with Gasteiger partial charge in [-0.1, -0.05) is 26.2 Å². The predicted octanol–water partition coefficient (Wildman–Crippen LogP) is 2.53. The van der Waals surface area contributed by atoms with Gasteiger partial charge in [0, 0.05) is 17.5 Å². The van der Waals surface area contributed by atoms with Crippen LogP contribution in [-0.2, 0) is 9.59 Å². The Hall–Kier alpha value is -0.940. The standard InChI is InChI=1S/C21H37N3O2/c1-20-15-8-4-3-5-9-16(12-11-15)21(20,2)24-17(19(20)26)10-6-7-13-23-18(25)14-22/h15-17,24H,3-14,22H2,1-2H3,(H,23,25). The molecule has 1 aliphatic heterocycles. The Kier molecular flexibility index (Phi) is 6.07. The number of hydrogen-bond donors (Lipinski definition) is 3. The third-order valence-electron chi connectivity index (χ3n) is 7.91. The van der Waals surface area contributed by atoms with Crippen molar-refractivity contribution < 1.29 is 9.59 Å². The minimum absolute atomic E-state index is 0.0160. The predicted molar refractivity (Wildman–Crippen MR) is 104 cm³/mol. The van der Waals surface area contributed by atoms with E-state index in [2.05, 4.69) is 24.5 Å². The zero-order valence-corrected chi connectivity index (χ0v) is 16.6. The topological polar surface area (TPSA) is 84.2 Å². The summed E-state index contributed by atoms with van der Waals surface area (Å²) in [6.45, 7) is 5.30. The molecule has 4 N–H and O–H groups in total. The summed E-state index contributed by atoms with van der Waals surface area (Å²) in [5.74, 6) is 1.52. The number of rotatable bonds is 6. The number of carbonyl (C=O) groups is 2. The van der Waals surface area contributed by atoms with Crippen molar-refractivity contribution in [2.75, 3.05) is 13.1 Å². The number of amides is 1. The van der Waals surface area contributed by atoms with Crippen molar-refractivity contribution in [1.82, 2.24) is 10.6 Å². The Morgan fingerprint density at radius 1 is 1.12 bits per heavy atom. The van der Waals surface area contributed by atoms with E-state index in [0.717, 1.165) is 19.3 Å². The van der Waals surface area contributed by atoms with Gasteiger partial charge >= 0.3 is 0 Å². The van der Waals surface area contributed by atoms with Crippen LogP contribution in [0.15, 0.2) is 0 Å². The highest BCUT2D eigenvalue weighted by molar-refractivity contribution is 5.94. The Morgan fingerprint density at radius 3 is 2.54 bits per heavy atom. The molecule has 0 spiro atoms. The fraction of sp³-hybridized carbons (Fsp3) is 0.905. The molecule has 0 radical (unpaired) electrons. The molecule has 5 atom stereocenters. The van der Waals surface area contributed by atoms with E-state index >= 15 is 0 Å². The fourth-order valence-electron chi connectivity index (χ4n) is 6.14. The lowest BCUT2D eigenvalue weighted by atomic mass is 9.52. The maximum Gasteiger partial charge on any atom is 0.233 e. The smallest absolute Gasteiger partial charge is 0.233 e. The fourth-order valence-corrected chi connectivity index (χ4v) is 6.14. The molecule has 0 aromatic heterocycles. The van der Waals surface area contributed by atoms with Gasteiger partial charge in [0.05, 0.1) is 12.6 Å². The van der Waals surface area contributed by atoms with E-state index in [0.29, 0.717) is 24.2 Å². The van der Waals surface area contributed by atoms with Gasteiger partial charge in [0.1, 0.15) is 0 Å². The lowest BCUT2D eigenvalue weighted by Gasteiger charge is -2.53. The summed E-state index contributed by atoms with van der Waals surface area (Å²) in [6.07, 6.45) is 11.6. The molecule has 1 saturated heterocycles. The van der Waals surface area contributed by atoms with Crippen LogP contribution in [-0.4, -0.2) is 36.4 Å². The summed E-state index contributed by atoms with van der Waals surface area (Å²) < 4.78 is 0. The molecule has 0 aromatic carbocycles. The average molecular weight is 364 g/mol. The van der Waals surface area contributed by atoms with E-state index in [-0.39, 0.29) is 29.4 Å². The number of carbonyl (C=O) groups excluding carboxylic acids is 2. The molecule has 0 aromatic rings.